The zero-order valence-corrected chi connectivity index (χ0v) is 17.2. The molecule has 1 heteroatoms. The average Bonchev–Trinajstić information content (AvgIpc) is 3.53. The Morgan fingerprint density at radius 2 is 0.806 bits per heavy atom. The first kappa shape index (κ1) is 16.9. The third-order valence-electron chi connectivity index (χ3n) is 6.97. The van der Waals surface area contributed by atoms with Gasteiger partial charge in [-0.3, -0.25) is 0 Å². The number of aromatic amines is 1. The molecule has 1 aromatic heterocycles. The fourth-order valence-corrected chi connectivity index (χ4v) is 5.53. The Morgan fingerprint density at radius 3 is 1.32 bits per heavy atom. The van der Waals surface area contributed by atoms with Gasteiger partial charge in [-0.25, -0.2) is 0 Å². The van der Waals surface area contributed by atoms with E-state index in [4.69, 9.17) is 0 Å². The van der Waals surface area contributed by atoms with Crippen LogP contribution in [0.15, 0.2) is 97.1 Å². The lowest BCUT2D eigenvalue weighted by Gasteiger charge is -2.09. The van der Waals surface area contributed by atoms with E-state index in [1.165, 1.54) is 67.0 Å². The Morgan fingerprint density at radius 1 is 0.387 bits per heavy atom. The quantitative estimate of drug-likeness (QED) is 0.312. The predicted octanol–water partition coefficient (Wildman–Crippen LogP) is 7.49. The van der Waals surface area contributed by atoms with Gasteiger partial charge >= 0.3 is 0 Å². The third kappa shape index (κ3) is 2.44. The zero-order valence-electron chi connectivity index (χ0n) is 17.2. The first-order valence-electron chi connectivity index (χ1n) is 11.0. The Hall–Kier alpha value is -3.84. The summed E-state index contributed by atoms with van der Waals surface area (Å²) in [6.07, 6.45) is 2.01. The van der Waals surface area contributed by atoms with Crippen LogP contribution in [0.5, 0.6) is 0 Å². The lowest BCUT2D eigenvalue weighted by Crippen LogP contribution is -1.90. The SMILES string of the molecule is c1ccc2c(c1)Cc1c(-c3ccc(-c4cccc5c4Cc4ccccc4-5)[nH]3)cccc1-2. The summed E-state index contributed by atoms with van der Waals surface area (Å²) in [6.45, 7) is 0. The van der Waals surface area contributed by atoms with E-state index in [0.717, 1.165) is 12.8 Å². The van der Waals surface area contributed by atoms with Crippen molar-refractivity contribution in [3.05, 3.63) is 119 Å². The van der Waals surface area contributed by atoms with Crippen molar-refractivity contribution in [1.29, 1.82) is 0 Å². The molecule has 0 fully saturated rings. The fourth-order valence-electron chi connectivity index (χ4n) is 5.53. The van der Waals surface area contributed by atoms with Crippen molar-refractivity contribution in [1.82, 2.24) is 4.98 Å². The maximum atomic E-state index is 3.76. The Kier molecular flexibility index (Phi) is 3.45. The summed E-state index contributed by atoms with van der Waals surface area (Å²) in [5.74, 6) is 0. The lowest BCUT2D eigenvalue weighted by molar-refractivity contribution is 1.24. The molecule has 4 aromatic carbocycles. The summed E-state index contributed by atoms with van der Waals surface area (Å²) in [7, 11) is 0. The monoisotopic (exact) mass is 395 g/mol. The minimum atomic E-state index is 1.01. The molecule has 0 saturated carbocycles. The molecule has 0 spiro atoms. The molecule has 0 aliphatic heterocycles. The highest BCUT2D eigenvalue weighted by molar-refractivity contribution is 5.87. The molecule has 146 valence electrons. The van der Waals surface area contributed by atoms with Crippen LogP contribution in [0.4, 0.5) is 0 Å². The second-order valence-electron chi connectivity index (χ2n) is 8.62. The van der Waals surface area contributed by atoms with Crippen LogP contribution in [0.3, 0.4) is 0 Å². The second kappa shape index (κ2) is 6.33. The van der Waals surface area contributed by atoms with Crippen LogP contribution in [0.1, 0.15) is 22.3 Å². The molecule has 2 aliphatic carbocycles. The number of rotatable bonds is 2. The van der Waals surface area contributed by atoms with E-state index >= 15 is 0 Å². The maximum Gasteiger partial charge on any atom is 0.0461 e. The van der Waals surface area contributed by atoms with Gasteiger partial charge in [-0.1, -0.05) is 84.9 Å². The van der Waals surface area contributed by atoms with Gasteiger partial charge in [0.15, 0.2) is 0 Å². The molecule has 0 atom stereocenters. The first-order chi connectivity index (χ1) is 15.4. The predicted molar refractivity (Wildman–Crippen MR) is 128 cm³/mol. The summed E-state index contributed by atoms with van der Waals surface area (Å²) >= 11 is 0. The summed E-state index contributed by atoms with van der Waals surface area (Å²) in [4.78, 5) is 3.76. The minimum Gasteiger partial charge on any atom is -0.355 e. The van der Waals surface area contributed by atoms with Crippen molar-refractivity contribution in [2.24, 2.45) is 0 Å². The van der Waals surface area contributed by atoms with Crippen LogP contribution in [0, 0.1) is 0 Å². The van der Waals surface area contributed by atoms with Crippen molar-refractivity contribution in [2.75, 3.05) is 0 Å². The Bertz CT molecular complexity index is 1370. The van der Waals surface area contributed by atoms with Gasteiger partial charge in [0.25, 0.3) is 0 Å². The molecule has 0 unspecified atom stereocenters. The molecule has 0 saturated heterocycles. The molecule has 31 heavy (non-hydrogen) atoms. The van der Waals surface area contributed by atoms with E-state index in [-0.39, 0.29) is 0 Å². The van der Waals surface area contributed by atoms with Crippen molar-refractivity contribution in [2.45, 2.75) is 12.8 Å². The molecular formula is C30H21N. The largest absolute Gasteiger partial charge is 0.355 e. The van der Waals surface area contributed by atoms with E-state index in [1.54, 1.807) is 0 Å². The van der Waals surface area contributed by atoms with Gasteiger partial charge in [0.1, 0.15) is 0 Å². The summed E-state index contributed by atoms with van der Waals surface area (Å²) < 4.78 is 0. The van der Waals surface area contributed by atoms with Crippen molar-refractivity contribution >= 4 is 0 Å². The summed E-state index contributed by atoms with van der Waals surface area (Å²) in [5.41, 5.74) is 16.3. The third-order valence-corrected chi connectivity index (χ3v) is 6.97. The van der Waals surface area contributed by atoms with Crippen molar-refractivity contribution in [3.8, 4) is 44.8 Å². The number of nitrogens with one attached hydrogen (secondary N) is 1. The number of H-pyrrole nitrogens is 1. The normalized spacial score (nSPS) is 12.9. The number of aromatic nitrogens is 1. The number of hydrogen-bond acceptors (Lipinski definition) is 0. The lowest BCUT2D eigenvalue weighted by atomic mass is 9.99. The van der Waals surface area contributed by atoms with E-state index in [9.17, 15) is 0 Å². The highest BCUT2D eigenvalue weighted by Crippen LogP contribution is 2.43. The molecular weight excluding hydrogens is 374 g/mol. The first-order valence-corrected chi connectivity index (χ1v) is 11.0. The molecule has 5 aromatic rings. The van der Waals surface area contributed by atoms with Crippen LogP contribution in [0.25, 0.3) is 44.8 Å². The molecule has 1 nitrogen and oxygen atoms in total. The van der Waals surface area contributed by atoms with Crippen LogP contribution in [0.2, 0.25) is 0 Å². The van der Waals surface area contributed by atoms with Crippen LogP contribution >= 0.6 is 0 Å². The van der Waals surface area contributed by atoms with Crippen molar-refractivity contribution < 1.29 is 0 Å². The van der Waals surface area contributed by atoms with Gasteiger partial charge in [0, 0.05) is 22.5 Å². The van der Waals surface area contributed by atoms with Crippen molar-refractivity contribution in [3.63, 3.8) is 0 Å². The molecule has 0 bridgehead atoms. The van der Waals surface area contributed by atoms with E-state index in [0.29, 0.717) is 0 Å². The maximum absolute atomic E-state index is 3.76. The standard InChI is InChI=1S/C30H21N/c1-3-9-21-19(7-1)17-27-23(21)11-5-13-25(27)29-15-16-30(31-29)26-14-6-12-24-22-10-4-2-8-20(22)18-28(24)26/h1-16,31H,17-18H2. The topological polar surface area (TPSA) is 15.8 Å². The smallest absolute Gasteiger partial charge is 0.0461 e. The van der Waals surface area contributed by atoms with Crippen LogP contribution in [-0.2, 0) is 12.8 Å². The Balaban J connectivity index is 1.33. The van der Waals surface area contributed by atoms with E-state index < -0.39 is 0 Å². The minimum absolute atomic E-state index is 1.01. The zero-order chi connectivity index (χ0) is 20.4. The van der Waals surface area contributed by atoms with Gasteiger partial charge in [-0.05, 0) is 69.5 Å². The summed E-state index contributed by atoms with van der Waals surface area (Å²) in [6, 6.07) is 35.5. The number of benzene rings is 4. The molecule has 2 aliphatic rings. The van der Waals surface area contributed by atoms with Gasteiger partial charge in [0.05, 0.1) is 0 Å². The van der Waals surface area contributed by atoms with Gasteiger partial charge < -0.3 is 4.98 Å². The van der Waals surface area contributed by atoms with Gasteiger partial charge in [-0.2, -0.15) is 0 Å². The second-order valence-corrected chi connectivity index (χ2v) is 8.62. The van der Waals surface area contributed by atoms with E-state index in [1.807, 2.05) is 0 Å². The Labute approximate surface area is 182 Å². The summed E-state index contributed by atoms with van der Waals surface area (Å²) in [5, 5.41) is 0. The number of hydrogen-bond donors (Lipinski definition) is 1. The van der Waals surface area contributed by atoms with Crippen LogP contribution in [-0.4, -0.2) is 4.98 Å². The molecule has 1 N–H and O–H groups in total. The van der Waals surface area contributed by atoms with E-state index in [2.05, 4.69) is 102 Å². The average molecular weight is 396 g/mol. The highest BCUT2D eigenvalue weighted by atomic mass is 14.7. The van der Waals surface area contributed by atoms with Gasteiger partial charge in [-0.15, -0.1) is 0 Å². The molecule has 7 rings (SSSR count). The highest BCUT2D eigenvalue weighted by Gasteiger charge is 2.23. The van der Waals surface area contributed by atoms with Gasteiger partial charge in [0.2, 0.25) is 0 Å². The molecule has 0 radical (unpaired) electrons. The van der Waals surface area contributed by atoms with Crippen LogP contribution < -0.4 is 0 Å². The fraction of sp³-hybridized carbons (Fsp3) is 0.0667. The molecule has 0 amide bonds. The molecule has 1 heterocycles. The number of fused-ring (bicyclic) bond motifs is 6.